The molecule has 3 nitrogen and oxygen atoms in total. The highest BCUT2D eigenvalue weighted by molar-refractivity contribution is 5.32. The first kappa shape index (κ1) is 13.5. The first-order chi connectivity index (χ1) is 10.4. The van der Waals surface area contributed by atoms with Crippen molar-refractivity contribution in [1.82, 2.24) is 5.32 Å². The second kappa shape index (κ2) is 6.77. The van der Waals surface area contributed by atoms with Crippen molar-refractivity contribution >= 4 is 0 Å². The van der Waals surface area contributed by atoms with E-state index in [1.54, 1.807) is 6.26 Å². The second-order valence-corrected chi connectivity index (χ2v) is 4.74. The molecule has 106 valence electrons. The molecule has 0 fully saturated rings. The maximum Gasteiger partial charge on any atom is 0.127 e. The molecule has 0 unspecified atom stereocenters. The lowest BCUT2D eigenvalue weighted by Gasteiger charge is -2.07. The summed E-state index contributed by atoms with van der Waals surface area (Å²) in [7, 11) is 0. The van der Waals surface area contributed by atoms with Gasteiger partial charge in [-0.2, -0.15) is 0 Å². The van der Waals surface area contributed by atoms with Gasteiger partial charge in [0.2, 0.25) is 0 Å². The molecule has 1 N–H and O–H groups in total. The van der Waals surface area contributed by atoms with Crippen LogP contribution in [0.2, 0.25) is 0 Å². The van der Waals surface area contributed by atoms with Gasteiger partial charge in [-0.05, 0) is 42.0 Å². The molecule has 0 atom stereocenters. The van der Waals surface area contributed by atoms with Gasteiger partial charge in [-0.1, -0.05) is 30.3 Å². The number of hydrogen-bond acceptors (Lipinski definition) is 3. The minimum absolute atomic E-state index is 0.731. The summed E-state index contributed by atoms with van der Waals surface area (Å²) in [5, 5.41) is 3.34. The average molecular weight is 279 g/mol. The van der Waals surface area contributed by atoms with Gasteiger partial charge in [-0.3, -0.25) is 0 Å². The monoisotopic (exact) mass is 279 g/mol. The quantitative estimate of drug-likeness (QED) is 0.728. The first-order valence-corrected chi connectivity index (χ1v) is 6.95. The lowest BCUT2D eigenvalue weighted by atomic mass is 10.2. The lowest BCUT2D eigenvalue weighted by Crippen LogP contribution is -2.11. The Labute approximate surface area is 124 Å². The molecule has 2 aromatic carbocycles. The van der Waals surface area contributed by atoms with Crippen LogP contribution in [0.4, 0.5) is 0 Å². The zero-order chi connectivity index (χ0) is 14.3. The lowest BCUT2D eigenvalue weighted by molar-refractivity contribution is 0.479. The molecular formula is C18H17NO2. The van der Waals surface area contributed by atoms with Crippen LogP contribution in [0.25, 0.3) is 0 Å². The molecule has 1 heterocycles. The summed E-state index contributed by atoms with van der Waals surface area (Å²) in [4.78, 5) is 0. The number of hydrogen-bond donors (Lipinski definition) is 1. The number of furan rings is 1. The fourth-order valence-electron chi connectivity index (χ4n) is 2.04. The van der Waals surface area contributed by atoms with Crippen molar-refractivity contribution in [1.29, 1.82) is 0 Å². The average Bonchev–Trinajstić information content (AvgIpc) is 3.03. The molecule has 0 aliphatic carbocycles. The molecular weight excluding hydrogens is 262 g/mol. The zero-order valence-electron chi connectivity index (χ0n) is 11.7. The molecule has 0 amide bonds. The zero-order valence-corrected chi connectivity index (χ0v) is 11.7. The summed E-state index contributed by atoms with van der Waals surface area (Å²) in [5.41, 5.74) is 1.21. The van der Waals surface area contributed by atoms with Crippen LogP contribution in [0.5, 0.6) is 11.5 Å². The molecule has 0 spiro atoms. The molecule has 1 aromatic heterocycles. The molecule has 0 saturated heterocycles. The van der Waals surface area contributed by atoms with Crippen molar-refractivity contribution in [2.45, 2.75) is 13.1 Å². The molecule has 3 heteroatoms. The summed E-state index contributed by atoms with van der Waals surface area (Å²) in [6.07, 6.45) is 1.69. The fourth-order valence-corrected chi connectivity index (χ4v) is 2.04. The van der Waals surface area contributed by atoms with E-state index in [0.29, 0.717) is 0 Å². The predicted molar refractivity (Wildman–Crippen MR) is 82.2 cm³/mol. The maximum absolute atomic E-state index is 5.76. The van der Waals surface area contributed by atoms with Gasteiger partial charge < -0.3 is 14.5 Å². The second-order valence-electron chi connectivity index (χ2n) is 4.74. The van der Waals surface area contributed by atoms with Crippen molar-refractivity contribution in [3.63, 3.8) is 0 Å². The van der Waals surface area contributed by atoms with Crippen molar-refractivity contribution in [2.24, 2.45) is 0 Å². The van der Waals surface area contributed by atoms with Crippen LogP contribution in [0.3, 0.4) is 0 Å². The number of nitrogens with one attached hydrogen (secondary N) is 1. The Morgan fingerprint density at radius 1 is 0.762 bits per heavy atom. The Morgan fingerprint density at radius 3 is 2.24 bits per heavy atom. The molecule has 21 heavy (non-hydrogen) atoms. The first-order valence-electron chi connectivity index (χ1n) is 6.95. The van der Waals surface area contributed by atoms with Crippen molar-refractivity contribution in [2.75, 3.05) is 0 Å². The molecule has 0 bridgehead atoms. The van der Waals surface area contributed by atoms with E-state index in [0.717, 1.165) is 30.3 Å². The smallest absolute Gasteiger partial charge is 0.127 e. The van der Waals surface area contributed by atoms with E-state index < -0.39 is 0 Å². The minimum atomic E-state index is 0.731. The number of para-hydroxylation sites is 1. The number of rotatable bonds is 6. The van der Waals surface area contributed by atoms with E-state index >= 15 is 0 Å². The fraction of sp³-hybridized carbons (Fsp3) is 0.111. The molecule has 0 saturated carbocycles. The Morgan fingerprint density at radius 2 is 1.52 bits per heavy atom. The molecule has 0 aliphatic rings. The maximum atomic E-state index is 5.76. The third kappa shape index (κ3) is 3.97. The third-order valence-corrected chi connectivity index (χ3v) is 3.11. The van der Waals surface area contributed by atoms with Crippen LogP contribution >= 0.6 is 0 Å². The largest absolute Gasteiger partial charge is 0.468 e. The standard InChI is InChI=1S/C18H17NO2/c1-2-5-16(6-3-1)21-17-10-8-15(9-11-17)13-19-14-18-7-4-12-20-18/h1-12,19H,13-14H2. The van der Waals surface area contributed by atoms with E-state index in [1.807, 2.05) is 54.6 Å². The van der Waals surface area contributed by atoms with E-state index in [9.17, 15) is 0 Å². The molecule has 0 aliphatic heterocycles. The summed E-state index contributed by atoms with van der Waals surface area (Å²) in [5.74, 6) is 2.64. The number of benzene rings is 2. The highest BCUT2D eigenvalue weighted by atomic mass is 16.5. The minimum Gasteiger partial charge on any atom is -0.468 e. The molecule has 3 rings (SSSR count). The van der Waals surface area contributed by atoms with Gasteiger partial charge in [0.25, 0.3) is 0 Å². The van der Waals surface area contributed by atoms with Gasteiger partial charge in [0.15, 0.2) is 0 Å². The summed E-state index contributed by atoms with van der Waals surface area (Å²) in [6, 6.07) is 21.7. The van der Waals surface area contributed by atoms with Crippen molar-refractivity contribution in [3.05, 3.63) is 84.3 Å². The Kier molecular flexibility index (Phi) is 4.34. The third-order valence-electron chi connectivity index (χ3n) is 3.11. The van der Waals surface area contributed by atoms with Crippen LogP contribution < -0.4 is 10.1 Å². The number of ether oxygens (including phenoxy) is 1. The van der Waals surface area contributed by atoms with Gasteiger partial charge in [0, 0.05) is 6.54 Å². The van der Waals surface area contributed by atoms with Gasteiger partial charge in [-0.15, -0.1) is 0 Å². The van der Waals surface area contributed by atoms with E-state index in [-0.39, 0.29) is 0 Å². The van der Waals surface area contributed by atoms with Crippen molar-refractivity contribution in [3.8, 4) is 11.5 Å². The van der Waals surface area contributed by atoms with Gasteiger partial charge in [0.05, 0.1) is 12.8 Å². The van der Waals surface area contributed by atoms with Crippen LogP contribution in [0.15, 0.2) is 77.4 Å². The Balaban J connectivity index is 1.52. The topological polar surface area (TPSA) is 34.4 Å². The predicted octanol–water partition coefficient (Wildman–Crippen LogP) is 4.36. The SMILES string of the molecule is c1ccc(Oc2ccc(CNCc3ccco3)cc2)cc1. The van der Waals surface area contributed by atoms with Crippen LogP contribution in [-0.4, -0.2) is 0 Å². The summed E-state index contributed by atoms with van der Waals surface area (Å²) >= 11 is 0. The van der Waals surface area contributed by atoms with E-state index in [4.69, 9.17) is 9.15 Å². The summed E-state index contributed by atoms with van der Waals surface area (Å²) in [6.45, 7) is 1.53. The van der Waals surface area contributed by atoms with Crippen LogP contribution in [0, 0.1) is 0 Å². The van der Waals surface area contributed by atoms with E-state index in [1.165, 1.54) is 5.56 Å². The van der Waals surface area contributed by atoms with Crippen LogP contribution in [-0.2, 0) is 13.1 Å². The normalized spacial score (nSPS) is 10.5. The molecule has 3 aromatic rings. The Bertz CT molecular complexity index is 645. The summed E-state index contributed by atoms with van der Waals surface area (Å²) < 4.78 is 11.0. The highest BCUT2D eigenvalue weighted by Crippen LogP contribution is 2.21. The Hall–Kier alpha value is -2.52. The van der Waals surface area contributed by atoms with Crippen LogP contribution in [0.1, 0.15) is 11.3 Å². The van der Waals surface area contributed by atoms with Crippen molar-refractivity contribution < 1.29 is 9.15 Å². The van der Waals surface area contributed by atoms with Gasteiger partial charge in [0.1, 0.15) is 17.3 Å². The molecule has 0 radical (unpaired) electrons. The van der Waals surface area contributed by atoms with Gasteiger partial charge >= 0.3 is 0 Å². The van der Waals surface area contributed by atoms with Gasteiger partial charge in [-0.25, -0.2) is 0 Å². The highest BCUT2D eigenvalue weighted by Gasteiger charge is 1.99. The van der Waals surface area contributed by atoms with E-state index in [2.05, 4.69) is 17.4 Å².